The van der Waals surface area contributed by atoms with Crippen molar-refractivity contribution in [1.82, 2.24) is 5.32 Å². The highest BCUT2D eigenvalue weighted by molar-refractivity contribution is 7.13. The van der Waals surface area contributed by atoms with Crippen molar-refractivity contribution in [2.75, 3.05) is 6.54 Å². The molecule has 0 saturated carbocycles. The van der Waals surface area contributed by atoms with Gasteiger partial charge in [-0.15, -0.1) is 22.7 Å². The van der Waals surface area contributed by atoms with Crippen LogP contribution in [-0.4, -0.2) is 6.54 Å². The zero-order valence-corrected chi connectivity index (χ0v) is 13.9. The first-order chi connectivity index (χ1) is 9.15. The highest BCUT2D eigenvalue weighted by atomic mass is 32.1. The lowest BCUT2D eigenvalue weighted by atomic mass is 10.1. The predicted molar refractivity (Wildman–Crippen MR) is 87.6 cm³/mol. The first-order valence-electron chi connectivity index (χ1n) is 7.04. The molecule has 1 nitrogen and oxygen atoms in total. The molecule has 1 unspecified atom stereocenters. The lowest BCUT2D eigenvalue weighted by molar-refractivity contribution is 0.613. The van der Waals surface area contributed by atoms with Crippen LogP contribution in [-0.2, 0) is 6.42 Å². The Labute approximate surface area is 124 Å². The van der Waals surface area contributed by atoms with E-state index in [1.165, 1.54) is 31.5 Å². The highest BCUT2D eigenvalue weighted by Crippen LogP contribution is 2.34. The fourth-order valence-electron chi connectivity index (χ4n) is 2.11. The summed E-state index contributed by atoms with van der Waals surface area (Å²) in [5.74, 6) is 0. The Kier molecular flexibility index (Phi) is 5.20. The Morgan fingerprint density at radius 2 is 1.89 bits per heavy atom. The average molecular weight is 294 g/mol. The Balaban J connectivity index is 2.29. The van der Waals surface area contributed by atoms with E-state index in [-0.39, 0.29) is 0 Å². The van der Waals surface area contributed by atoms with E-state index in [9.17, 15) is 0 Å². The lowest BCUT2D eigenvalue weighted by Gasteiger charge is -2.15. The molecule has 0 bridgehead atoms. The molecule has 1 atom stereocenters. The van der Waals surface area contributed by atoms with Crippen LogP contribution in [0.4, 0.5) is 0 Å². The van der Waals surface area contributed by atoms with Gasteiger partial charge in [0.15, 0.2) is 0 Å². The number of hydrogen-bond donors (Lipinski definition) is 1. The van der Waals surface area contributed by atoms with Gasteiger partial charge in [-0.25, -0.2) is 0 Å². The second kappa shape index (κ2) is 6.69. The minimum absolute atomic E-state index is 0.377. The molecule has 0 aromatic carbocycles. The van der Waals surface area contributed by atoms with Gasteiger partial charge in [-0.1, -0.05) is 13.8 Å². The minimum atomic E-state index is 0.377. The SMILES string of the molecule is CCCNC(c1ccc(CC)s1)c1cc(C)c(C)s1. The van der Waals surface area contributed by atoms with Crippen molar-refractivity contribution in [2.24, 2.45) is 0 Å². The normalized spacial score (nSPS) is 12.8. The summed E-state index contributed by atoms with van der Waals surface area (Å²) in [6, 6.07) is 7.29. The Morgan fingerprint density at radius 1 is 1.11 bits per heavy atom. The van der Waals surface area contributed by atoms with Crippen LogP contribution in [0.3, 0.4) is 0 Å². The van der Waals surface area contributed by atoms with E-state index in [1.807, 2.05) is 22.7 Å². The number of aryl methyl sites for hydroxylation is 3. The van der Waals surface area contributed by atoms with Gasteiger partial charge in [-0.2, -0.15) is 0 Å². The Morgan fingerprint density at radius 3 is 2.42 bits per heavy atom. The molecule has 0 saturated heterocycles. The maximum absolute atomic E-state index is 3.70. The molecule has 0 aliphatic heterocycles. The van der Waals surface area contributed by atoms with Crippen LogP contribution in [0.2, 0.25) is 0 Å². The molecule has 104 valence electrons. The largest absolute Gasteiger partial charge is 0.305 e. The molecule has 2 aromatic rings. The van der Waals surface area contributed by atoms with Crippen LogP contribution < -0.4 is 5.32 Å². The molecular formula is C16H23NS2. The molecule has 0 aliphatic rings. The van der Waals surface area contributed by atoms with Crippen molar-refractivity contribution >= 4 is 22.7 Å². The molecule has 3 heteroatoms. The third-order valence-corrected chi connectivity index (χ3v) is 5.90. The second-order valence-electron chi connectivity index (χ2n) is 4.93. The van der Waals surface area contributed by atoms with Gasteiger partial charge >= 0.3 is 0 Å². The van der Waals surface area contributed by atoms with Gasteiger partial charge in [0.2, 0.25) is 0 Å². The number of hydrogen-bond acceptors (Lipinski definition) is 3. The fraction of sp³-hybridized carbons (Fsp3) is 0.500. The fourth-order valence-corrected chi connectivity index (χ4v) is 4.37. The van der Waals surface area contributed by atoms with Gasteiger partial charge < -0.3 is 5.32 Å². The molecule has 2 rings (SSSR count). The number of nitrogens with one attached hydrogen (secondary N) is 1. The minimum Gasteiger partial charge on any atom is -0.305 e. The van der Waals surface area contributed by atoms with E-state index in [2.05, 4.69) is 51.2 Å². The molecule has 2 heterocycles. The first kappa shape index (κ1) is 14.8. The van der Waals surface area contributed by atoms with E-state index < -0.39 is 0 Å². The van der Waals surface area contributed by atoms with Crippen LogP contribution in [0.1, 0.15) is 51.4 Å². The summed E-state index contributed by atoms with van der Waals surface area (Å²) in [6.45, 7) is 9.94. The van der Waals surface area contributed by atoms with E-state index in [1.54, 1.807) is 0 Å². The number of rotatable bonds is 6. The van der Waals surface area contributed by atoms with Crippen molar-refractivity contribution in [2.45, 2.75) is 46.6 Å². The molecule has 0 spiro atoms. The van der Waals surface area contributed by atoms with Crippen molar-refractivity contribution in [1.29, 1.82) is 0 Å². The van der Waals surface area contributed by atoms with E-state index in [0.29, 0.717) is 6.04 Å². The molecule has 0 radical (unpaired) electrons. The average Bonchev–Trinajstić information content (AvgIpc) is 2.98. The van der Waals surface area contributed by atoms with E-state index >= 15 is 0 Å². The van der Waals surface area contributed by atoms with Crippen LogP contribution in [0, 0.1) is 13.8 Å². The van der Waals surface area contributed by atoms with Crippen molar-refractivity contribution < 1.29 is 0 Å². The monoisotopic (exact) mass is 293 g/mol. The van der Waals surface area contributed by atoms with Gasteiger partial charge in [0, 0.05) is 19.5 Å². The van der Waals surface area contributed by atoms with E-state index in [4.69, 9.17) is 0 Å². The maximum atomic E-state index is 3.70. The summed E-state index contributed by atoms with van der Waals surface area (Å²) < 4.78 is 0. The summed E-state index contributed by atoms with van der Waals surface area (Å²) in [6.07, 6.45) is 2.31. The zero-order valence-electron chi connectivity index (χ0n) is 12.2. The van der Waals surface area contributed by atoms with Gasteiger partial charge in [-0.3, -0.25) is 0 Å². The molecule has 2 aromatic heterocycles. The summed E-state index contributed by atoms with van der Waals surface area (Å²) in [5, 5.41) is 3.70. The van der Waals surface area contributed by atoms with Crippen LogP contribution in [0.5, 0.6) is 0 Å². The van der Waals surface area contributed by atoms with Crippen LogP contribution >= 0.6 is 22.7 Å². The molecule has 0 aliphatic carbocycles. The van der Waals surface area contributed by atoms with Gasteiger partial charge in [-0.05, 0) is 57.0 Å². The Bertz CT molecular complexity index is 505. The molecule has 1 N–H and O–H groups in total. The van der Waals surface area contributed by atoms with Crippen molar-refractivity contribution in [3.8, 4) is 0 Å². The van der Waals surface area contributed by atoms with Gasteiger partial charge in [0.05, 0.1) is 6.04 Å². The maximum Gasteiger partial charge on any atom is 0.0765 e. The van der Waals surface area contributed by atoms with E-state index in [0.717, 1.165) is 13.0 Å². The Hall–Kier alpha value is -0.640. The van der Waals surface area contributed by atoms with Crippen LogP contribution in [0.25, 0.3) is 0 Å². The third-order valence-electron chi connectivity index (χ3n) is 3.38. The van der Waals surface area contributed by atoms with Crippen LogP contribution in [0.15, 0.2) is 18.2 Å². The molecule has 0 fully saturated rings. The standard InChI is InChI=1S/C16H23NS2/c1-5-9-17-16(14-8-7-13(6-2)19-14)15-10-11(3)12(4)18-15/h7-8,10,16-17H,5-6,9H2,1-4H3. The summed E-state index contributed by atoms with van der Waals surface area (Å²) in [5.41, 5.74) is 1.41. The summed E-state index contributed by atoms with van der Waals surface area (Å²) >= 11 is 3.87. The van der Waals surface area contributed by atoms with Crippen molar-refractivity contribution in [3.05, 3.63) is 43.3 Å². The number of thiophene rings is 2. The quantitative estimate of drug-likeness (QED) is 0.783. The highest BCUT2D eigenvalue weighted by Gasteiger charge is 2.18. The molecule has 19 heavy (non-hydrogen) atoms. The summed E-state index contributed by atoms with van der Waals surface area (Å²) in [7, 11) is 0. The zero-order chi connectivity index (χ0) is 13.8. The first-order valence-corrected chi connectivity index (χ1v) is 8.67. The second-order valence-corrected chi connectivity index (χ2v) is 7.42. The molecule has 0 amide bonds. The predicted octanol–water partition coefficient (Wildman–Crippen LogP) is 5.08. The van der Waals surface area contributed by atoms with Gasteiger partial charge in [0.25, 0.3) is 0 Å². The third kappa shape index (κ3) is 3.47. The topological polar surface area (TPSA) is 12.0 Å². The smallest absolute Gasteiger partial charge is 0.0765 e. The lowest BCUT2D eigenvalue weighted by Crippen LogP contribution is -2.21. The van der Waals surface area contributed by atoms with Crippen molar-refractivity contribution in [3.63, 3.8) is 0 Å². The van der Waals surface area contributed by atoms with Gasteiger partial charge in [0.1, 0.15) is 0 Å². The summed E-state index contributed by atoms with van der Waals surface area (Å²) in [4.78, 5) is 5.81. The molecular weight excluding hydrogens is 270 g/mol.